The molecule has 2 aliphatic heterocycles. The van der Waals surface area contributed by atoms with Crippen LogP contribution < -0.4 is 28.4 Å². The van der Waals surface area contributed by atoms with Crippen LogP contribution >= 0.6 is 0 Å². The van der Waals surface area contributed by atoms with Crippen LogP contribution in [-0.4, -0.2) is 34.5 Å². The first-order valence-electron chi connectivity index (χ1n) is 18.3. The molecule has 2 heterocycles. The van der Waals surface area contributed by atoms with Gasteiger partial charge < -0.3 is 28.4 Å². The minimum atomic E-state index is -0.961. The highest BCUT2D eigenvalue weighted by atomic mass is 16.6. The number of fused-ring (bicyclic) bond motifs is 12. The topological polar surface area (TPSA) is 55.4 Å². The Morgan fingerprint density at radius 1 is 0.635 bits per heavy atom. The van der Waals surface area contributed by atoms with Crippen LogP contribution in [0.1, 0.15) is 74.8 Å². The molecular formula is C46H46O6. The molecular weight excluding hydrogens is 648 g/mol. The van der Waals surface area contributed by atoms with Gasteiger partial charge in [-0.2, -0.15) is 0 Å². The van der Waals surface area contributed by atoms with E-state index < -0.39 is 5.60 Å². The van der Waals surface area contributed by atoms with Gasteiger partial charge in [-0.15, -0.1) is 0 Å². The standard InChI is InChI=1S/C46H46O6/c1-43(2)25-44(3,4)27-45(26-43)35-11-9-8-10-32(35)37-38-34(24-36(49-7)41-42(38)51-23-22-50-41)40-33(39(37)45)20-21-46(52-40,28-12-16-30(47-5)17-13-28)29-14-18-31(48-6)19-15-29/h8-21,24H,22-23,25-27H2,1-7H3. The first-order valence-corrected chi connectivity index (χ1v) is 18.3. The summed E-state index contributed by atoms with van der Waals surface area (Å²) in [5.41, 5.74) is 7.27. The van der Waals surface area contributed by atoms with E-state index >= 15 is 0 Å². The van der Waals surface area contributed by atoms with Crippen LogP contribution in [0, 0.1) is 10.8 Å². The van der Waals surface area contributed by atoms with Crippen molar-refractivity contribution in [3.8, 4) is 45.6 Å². The molecule has 0 saturated heterocycles. The van der Waals surface area contributed by atoms with E-state index in [-0.39, 0.29) is 16.2 Å². The van der Waals surface area contributed by atoms with Crippen LogP contribution in [0.5, 0.6) is 34.5 Å². The fourth-order valence-corrected chi connectivity index (χ4v) is 10.6. The molecule has 266 valence electrons. The number of hydrogen-bond donors (Lipinski definition) is 0. The SMILES string of the molecule is COc1ccc(C2(c3ccc(OC)cc3)C=Cc3c4c(c5c6c(c(OC)cc5c3O2)OCCO6)-c2ccccc2C42CC(C)(C)CC(C)(C)C2)cc1. The smallest absolute Gasteiger partial charge is 0.204 e. The predicted molar refractivity (Wildman–Crippen MR) is 206 cm³/mol. The molecule has 52 heavy (non-hydrogen) atoms. The van der Waals surface area contributed by atoms with Crippen LogP contribution in [0.25, 0.3) is 28.0 Å². The van der Waals surface area contributed by atoms with E-state index in [1.165, 1.54) is 22.3 Å². The zero-order valence-corrected chi connectivity index (χ0v) is 31.1. The fourth-order valence-electron chi connectivity index (χ4n) is 10.6. The molecule has 0 N–H and O–H groups in total. The Hall–Kier alpha value is -5.10. The molecule has 1 saturated carbocycles. The summed E-state index contributed by atoms with van der Waals surface area (Å²) >= 11 is 0. The molecule has 1 spiro atoms. The minimum absolute atomic E-state index is 0.104. The first kappa shape index (κ1) is 32.8. The fraction of sp³-hybridized carbons (Fsp3) is 0.348. The Kier molecular flexibility index (Phi) is 7.22. The van der Waals surface area contributed by atoms with Crippen LogP contribution in [0.3, 0.4) is 0 Å². The van der Waals surface area contributed by atoms with Crippen molar-refractivity contribution in [2.24, 2.45) is 10.8 Å². The molecule has 0 unspecified atom stereocenters. The third-order valence-corrected chi connectivity index (χ3v) is 11.8. The van der Waals surface area contributed by atoms with Gasteiger partial charge in [-0.1, -0.05) is 82.3 Å². The van der Waals surface area contributed by atoms with Crippen LogP contribution in [0.4, 0.5) is 0 Å². The van der Waals surface area contributed by atoms with E-state index in [1.54, 1.807) is 21.3 Å². The maximum absolute atomic E-state index is 7.68. The van der Waals surface area contributed by atoms with Gasteiger partial charge in [0, 0.05) is 32.9 Å². The van der Waals surface area contributed by atoms with E-state index in [0.29, 0.717) is 24.7 Å². The monoisotopic (exact) mass is 694 g/mol. The Morgan fingerprint density at radius 2 is 1.23 bits per heavy atom. The molecule has 0 radical (unpaired) electrons. The molecule has 9 rings (SSSR count). The molecule has 6 nitrogen and oxygen atoms in total. The highest BCUT2D eigenvalue weighted by Crippen LogP contribution is 2.68. The van der Waals surface area contributed by atoms with Crippen molar-refractivity contribution in [3.63, 3.8) is 0 Å². The van der Waals surface area contributed by atoms with Crippen molar-refractivity contribution in [1.82, 2.24) is 0 Å². The average Bonchev–Trinajstić information content (AvgIpc) is 3.41. The van der Waals surface area contributed by atoms with Crippen LogP contribution in [0.15, 0.2) is 84.9 Å². The lowest BCUT2D eigenvalue weighted by Gasteiger charge is -2.52. The molecule has 1 fully saturated rings. The van der Waals surface area contributed by atoms with E-state index in [9.17, 15) is 0 Å². The molecule has 6 heteroatoms. The van der Waals surface area contributed by atoms with Crippen molar-refractivity contribution in [2.75, 3.05) is 34.5 Å². The highest BCUT2D eigenvalue weighted by molar-refractivity contribution is 6.13. The Bertz CT molecular complexity index is 2200. The Labute approximate surface area is 306 Å². The van der Waals surface area contributed by atoms with Crippen LogP contribution in [-0.2, 0) is 11.0 Å². The second-order valence-electron chi connectivity index (χ2n) is 16.5. The zero-order chi connectivity index (χ0) is 36.0. The first-order chi connectivity index (χ1) is 25.0. The number of rotatable bonds is 5. The van der Waals surface area contributed by atoms with Crippen LogP contribution in [0.2, 0.25) is 0 Å². The number of hydrogen-bond acceptors (Lipinski definition) is 6. The molecule has 4 aliphatic rings. The molecule has 0 bridgehead atoms. The summed E-state index contributed by atoms with van der Waals surface area (Å²) in [4.78, 5) is 0. The van der Waals surface area contributed by atoms with Gasteiger partial charge >= 0.3 is 0 Å². The van der Waals surface area contributed by atoms with Crippen molar-refractivity contribution >= 4 is 16.8 Å². The molecule has 0 aromatic heterocycles. The number of benzene rings is 5. The molecule has 5 aromatic carbocycles. The predicted octanol–water partition coefficient (Wildman–Crippen LogP) is 10.5. The van der Waals surface area contributed by atoms with Gasteiger partial charge in [-0.05, 0) is 88.8 Å². The Morgan fingerprint density at radius 3 is 1.83 bits per heavy atom. The van der Waals surface area contributed by atoms with Gasteiger partial charge in [0.15, 0.2) is 17.1 Å². The average molecular weight is 695 g/mol. The van der Waals surface area contributed by atoms with Crippen molar-refractivity contribution in [2.45, 2.75) is 58.0 Å². The molecule has 2 aliphatic carbocycles. The van der Waals surface area contributed by atoms with Gasteiger partial charge in [0.05, 0.1) is 21.3 Å². The van der Waals surface area contributed by atoms with E-state index in [0.717, 1.165) is 69.7 Å². The van der Waals surface area contributed by atoms with Crippen molar-refractivity contribution in [1.29, 1.82) is 0 Å². The summed E-state index contributed by atoms with van der Waals surface area (Å²) in [5.74, 6) is 4.38. The van der Waals surface area contributed by atoms with Gasteiger partial charge in [0.1, 0.15) is 30.5 Å². The van der Waals surface area contributed by atoms with E-state index in [1.807, 2.05) is 24.3 Å². The lowest BCUT2D eigenvalue weighted by Crippen LogP contribution is -2.44. The zero-order valence-electron chi connectivity index (χ0n) is 31.1. The van der Waals surface area contributed by atoms with E-state index in [2.05, 4.69) is 94.4 Å². The maximum Gasteiger partial charge on any atom is 0.204 e. The maximum atomic E-state index is 7.68. The lowest BCUT2D eigenvalue weighted by atomic mass is 9.52. The number of methoxy groups -OCH3 is 3. The summed E-state index contributed by atoms with van der Waals surface area (Å²) in [7, 11) is 5.07. The third-order valence-electron chi connectivity index (χ3n) is 11.8. The van der Waals surface area contributed by atoms with Crippen molar-refractivity contribution < 1.29 is 28.4 Å². The van der Waals surface area contributed by atoms with Gasteiger partial charge in [0.25, 0.3) is 0 Å². The normalized spacial score (nSPS) is 19.3. The molecule has 0 amide bonds. The van der Waals surface area contributed by atoms with Gasteiger partial charge in [-0.25, -0.2) is 0 Å². The lowest BCUT2D eigenvalue weighted by molar-refractivity contribution is 0.0641. The molecule has 0 atom stereocenters. The summed E-state index contributed by atoms with van der Waals surface area (Å²) < 4.78 is 37.9. The Balaban J connectivity index is 1.42. The highest BCUT2D eigenvalue weighted by Gasteiger charge is 2.56. The van der Waals surface area contributed by atoms with Crippen molar-refractivity contribution in [3.05, 3.63) is 113 Å². The second-order valence-corrected chi connectivity index (χ2v) is 16.5. The summed E-state index contributed by atoms with van der Waals surface area (Å²) in [6.07, 6.45) is 7.78. The summed E-state index contributed by atoms with van der Waals surface area (Å²) in [6, 6.07) is 27.5. The minimum Gasteiger partial charge on any atom is -0.497 e. The van der Waals surface area contributed by atoms with Gasteiger partial charge in [0.2, 0.25) is 5.75 Å². The molecule has 5 aromatic rings. The quantitative estimate of drug-likeness (QED) is 0.183. The third kappa shape index (κ3) is 4.69. The summed E-state index contributed by atoms with van der Waals surface area (Å²) in [6.45, 7) is 10.7. The summed E-state index contributed by atoms with van der Waals surface area (Å²) in [5, 5.41) is 1.95. The van der Waals surface area contributed by atoms with Gasteiger partial charge in [-0.3, -0.25) is 0 Å². The second kappa shape index (κ2) is 11.4. The largest absolute Gasteiger partial charge is 0.497 e. The van der Waals surface area contributed by atoms with E-state index in [4.69, 9.17) is 28.4 Å². The number of ether oxygens (including phenoxy) is 6.